The number of nitrogens with zero attached hydrogens (tertiary/aromatic N) is 1. The molecule has 118 valence electrons. The Morgan fingerprint density at radius 1 is 1.18 bits per heavy atom. The van der Waals surface area contributed by atoms with Crippen molar-refractivity contribution in [2.45, 2.75) is 19.1 Å². The van der Waals surface area contributed by atoms with E-state index in [1.54, 1.807) is 41.8 Å². The van der Waals surface area contributed by atoms with Crippen molar-refractivity contribution in [1.29, 1.82) is 0 Å². The zero-order chi connectivity index (χ0) is 16.2. The second kappa shape index (κ2) is 7.15. The molecule has 1 amide bonds. The summed E-state index contributed by atoms with van der Waals surface area (Å²) < 4.78 is 38.1. The number of hydrogen-bond donors (Lipinski definition) is 0. The van der Waals surface area contributed by atoms with E-state index in [0.29, 0.717) is 15.5 Å². The monoisotopic (exact) mass is 347 g/mol. The quantitative estimate of drug-likeness (QED) is 0.778. The normalized spacial score (nSPS) is 11.5. The molecule has 0 unspecified atom stereocenters. The summed E-state index contributed by atoms with van der Waals surface area (Å²) in [6.45, 7) is -1.32. The van der Waals surface area contributed by atoms with E-state index in [0.717, 1.165) is 4.90 Å². The summed E-state index contributed by atoms with van der Waals surface area (Å²) in [4.78, 5) is 13.8. The Kier molecular flexibility index (Phi) is 5.47. The van der Waals surface area contributed by atoms with Gasteiger partial charge in [0, 0.05) is 9.90 Å². The lowest BCUT2D eigenvalue weighted by molar-refractivity contribution is -0.161. The average molecular weight is 348 g/mol. The van der Waals surface area contributed by atoms with Crippen molar-refractivity contribution < 1.29 is 18.0 Å². The van der Waals surface area contributed by atoms with Gasteiger partial charge in [0.15, 0.2) is 0 Å². The van der Waals surface area contributed by atoms with E-state index in [4.69, 9.17) is 11.6 Å². The summed E-state index contributed by atoms with van der Waals surface area (Å²) in [6, 6.07) is 10.1. The molecule has 0 atom stereocenters. The molecule has 1 heterocycles. The third kappa shape index (κ3) is 5.03. The Labute approximate surface area is 135 Å². The van der Waals surface area contributed by atoms with Crippen molar-refractivity contribution in [2.24, 2.45) is 0 Å². The first-order valence-electron chi connectivity index (χ1n) is 6.45. The lowest BCUT2D eigenvalue weighted by Gasteiger charge is -2.23. The van der Waals surface area contributed by atoms with Gasteiger partial charge in [0.2, 0.25) is 5.91 Å². The number of benzene rings is 1. The molecule has 0 N–H and O–H groups in total. The van der Waals surface area contributed by atoms with Gasteiger partial charge in [-0.15, -0.1) is 11.3 Å². The van der Waals surface area contributed by atoms with Crippen LogP contribution < -0.4 is 0 Å². The zero-order valence-corrected chi connectivity index (χ0v) is 13.0. The van der Waals surface area contributed by atoms with Crippen molar-refractivity contribution in [3.8, 4) is 0 Å². The van der Waals surface area contributed by atoms with Crippen molar-refractivity contribution in [2.75, 3.05) is 6.54 Å². The standard InChI is InChI=1S/C15H13ClF3NOS/c16-13-6-2-1-4-11(13)8-14(21)20(10-15(17,18)19)9-12-5-3-7-22-12/h1-7H,8-10H2. The van der Waals surface area contributed by atoms with Crippen LogP contribution in [0.3, 0.4) is 0 Å². The van der Waals surface area contributed by atoms with E-state index in [2.05, 4.69) is 0 Å². The van der Waals surface area contributed by atoms with Gasteiger partial charge < -0.3 is 4.90 Å². The molecule has 0 aliphatic carbocycles. The van der Waals surface area contributed by atoms with Gasteiger partial charge in [-0.25, -0.2) is 0 Å². The smallest absolute Gasteiger partial charge is 0.328 e. The second-order valence-electron chi connectivity index (χ2n) is 4.71. The molecule has 1 aromatic carbocycles. The highest BCUT2D eigenvalue weighted by molar-refractivity contribution is 7.09. The number of alkyl halides is 3. The molecule has 2 rings (SSSR count). The minimum absolute atomic E-state index is 0.0551. The van der Waals surface area contributed by atoms with Crippen molar-refractivity contribution in [3.05, 3.63) is 57.2 Å². The van der Waals surface area contributed by atoms with E-state index in [1.807, 2.05) is 0 Å². The zero-order valence-electron chi connectivity index (χ0n) is 11.4. The molecule has 7 heteroatoms. The van der Waals surface area contributed by atoms with Gasteiger partial charge in [-0.1, -0.05) is 35.9 Å². The number of thiophene rings is 1. The molecular formula is C15H13ClF3NOS. The Balaban J connectivity index is 2.13. The van der Waals surface area contributed by atoms with Gasteiger partial charge >= 0.3 is 6.18 Å². The van der Waals surface area contributed by atoms with Crippen molar-refractivity contribution in [1.82, 2.24) is 4.90 Å². The van der Waals surface area contributed by atoms with Crippen LogP contribution in [0, 0.1) is 0 Å². The van der Waals surface area contributed by atoms with Crippen LogP contribution in [0.2, 0.25) is 5.02 Å². The molecule has 0 aliphatic heterocycles. The summed E-state index contributed by atoms with van der Waals surface area (Å²) in [5.74, 6) is -0.598. The Bertz CT molecular complexity index is 628. The minimum atomic E-state index is -4.44. The first-order chi connectivity index (χ1) is 10.3. The lowest BCUT2D eigenvalue weighted by atomic mass is 10.1. The molecule has 0 fully saturated rings. The molecule has 0 radical (unpaired) electrons. The highest BCUT2D eigenvalue weighted by Gasteiger charge is 2.33. The summed E-state index contributed by atoms with van der Waals surface area (Å²) in [7, 11) is 0. The number of carbonyl (C=O) groups excluding carboxylic acids is 1. The van der Waals surface area contributed by atoms with Crippen LogP contribution in [0.25, 0.3) is 0 Å². The highest BCUT2D eigenvalue weighted by Crippen LogP contribution is 2.22. The van der Waals surface area contributed by atoms with Crippen molar-refractivity contribution >= 4 is 28.8 Å². The summed E-state index contributed by atoms with van der Waals surface area (Å²) in [5, 5.41) is 2.14. The van der Waals surface area contributed by atoms with Gasteiger partial charge in [-0.05, 0) is 23.1 Å². The van der Waals surface area contributed by atoms with Crippen LogP contribution in [-0.4, -0.2) is 23.5 Å². The van der Waals surface area contributed by atoms with Crippen LogP contribution in [0.15, 0.2) is 41.8 Å². The number of amides is 1. The predicted molar refractivity (Wildman–Crippen MR) is 80.9 cm³/mol. The molecule has 0 bridgehead atoms. The first kappa shape index (κ1) is 16.8. The number of halogens is 4. The van der Waals surface area contributed by atoms with E-state index >= 15 is 0 Å². The van der Waals surface area contributed by atoms with Crippen LogP contribution >= 0.6 is 22.9 Å². The maximum absolute atomic E-state index is 12.7. The van der Waals surface area contributed by atoms with E-state index in [1.165, 1.54) is 11.3 Å². The van der Waals surface area contributed by atoms with Crippen molar-refractivity contribution in [3.63, 3.8) is 0 Å². The molecule has 2 nitrogen and oxygen atoms in total. The van der Waals surface area contributed by atoms with Crippen LogP contribution in [-0.2, 0) is 17.8 Å². The number of rotatable bonds is 5. The third-order valence-corrected chi connectivity index (χ3v) is 4.18. The molecule has 22 heavy (non-hydrogen) atoms. The minimum Gasteiger partial charge on any atom is -0.328 e. The van der Waals surface area contributed by atoms with Gasteiger partial charge in [-0.2, -0.15) is 13.2 Å². The Morgan fingerprint density at radius 3 is 2.50 bits per heavy atom. The summed E-state index contributed by atoms with van der Waals surface area (Å²) in [6.07, 6.45) is -4.59. The third-order valence-electron chi connectivity index (χ3n) is 2.95. The first-order valence-corrected chi connectivity index (χ1v) is 7.71. The van der Waals surface area contributed by atoms with E-state index < -0.39 is 18.6 Å². The molecule has 2 aromatic rings. The van der Waals surface area contributed by atoms with Gasteiger partial charge in [0.05, 0.1) is 13.0 Å². The average Bonchev–Trinajstić information content (AvgIpc) is 2.92. The number of carbonyl (C=O) groups is 1. The molecule has 1 aromatic heterocycles. The second-order valence-corrected chi connectivity index (χ2v) is 6.15. The lowest BCUT2D eigenvalue weighted by Crippen LogP contribution is -2.39. The van der Waals surface area contributed by atoms with Crippen LogP contribution in [0.5, 0.6) is 0 Å². The van der Waals surface area contributed by atoms with Gasteiger partial charge in [-0.3, -0.25) is 4.79 Å². The molecule has 0 spiro atoms. The summed E-state index contributed by atoms with van der Waals surface area (Å²) >= 11 is 7.27. The maximum Gasteiger partial charge on any atom is 0.406 e. The topological polar surface area (TPSA) is 20.3 Å². The van der Waals surface area contributed by atoms with Gasteiger partial charge in [0.25, 0.3) is 0 Å². The van der Waals surface area contributed by atoms with Crippen LogP contribution in [0.1, 0.15) is 10.4 Å². The molecule has 0 saturated heterocycles. The maximum atomic E-state index is 12.7. The molecule has 0 aliphatic rings. The highest BCUT2D eigenvalue weighted by atomic mass is 35.5. The fourth-order valence-electron chi connectivity index (χ4n) is 1.96. The summed E-state index contributed by atoms with van der Waals surface area (Å²) in [5.41, 5.74) is 0.521. The Morgan fingerprint density at radius 2 is 1.91 bits per heavy atom. The van der Waals surface area contributed by atoms with E-state index in [-0.39, 0.29) is 13.0 Å². The predicted octanol–water partition coefficient (Wildman–Crippen LogP) is 4.54. The fourth-order valence-corrected chi connectivity index (χ4v) is 2.88. The van der Waals surface area contributed by atoms with Crippen LogP contribution in [0.4, 0.5) is 13.2 Å². The van der Waals surface area contributed by atoms with Gasteiger partial charge in [0.1, 0.15) is 6.54 Å². The molecule has 0 saturated carbocycles. The largest absolute Gasteiger partial charge is 0.406 e. The molecular weight excluding hydrogens is 335 g/mol. The Hall–Kier alpha value is -1.53. The number of hydrogen-bond acceptors (Lipinski definition) is 2. The SMILES string of the molecule is O=C(Cc1ccccc1Cl)N(Cc1cccs1)CC(F)(F)F. The van der Waals surface area contributed by atoms with E-state index in [9.17, 15) is 18.0 Å². The fraction of sp³-hybridized carbons (Fsp3) is 0.267.